The molecule has 2 bridgehead atoms. The average Bonchev–Trinajstić information content (AvgIpc) is 3.07. The monoisotopic (exact) mass is 271 g/mol. The van der Waals surface area contributed by atoms with Crippen LogP contribution in [0.15, 0.2) is 30.3 Å². The molecule has 20 heavy (non-hydrogen) atoms. The van der Waals surface area contributed by atoms with E-state index >= 15 is 0 Å². The maximum atomic E-state index is 3.96. The highest BCUT2D eigenvalue weighted by molar-refractivity contribution is 5.19. The van der Waals surface area contributed by atoms with E-state index in [9.17, 15) is 0 Å². The minimum Gasteiger partial charge on any atom is -0.307 e. The van der Waals surface area contributed by atoms with Gasteiger partial charge in [0.2, 0.25) is 0 Å². The van der Waals surface area contributed by atoms with E-state index < -0.39 is 0 Å². The van der Waals surface area contributed by atoms with Crippen LogP contribution in [0.4, 0.5) is 0 Å². The molecule has 0 aromatic heterocycles. The van der Waals surface area contributed by atoms with E-state index in [1.54, 1.807) is 0 Å². The summed E-state index contributed by atoms with van der Waals surface area (Å²) in [5.41, 5.74) is 1.44. The Morgan fingerprint density at radius 3 is 2.30 bits per heavy atom. The minimum absolute atomic E-state index is 0.491. The fourth-order valence-electron chi connectivity index (χ4n) is 4.65. The van der Waals surface area contributed by atoms with E-state index in [0.29, 0.717) is 18.0 Å². The second kappa shape index (κ2) is 5.89. The Bertz CT molecular complexity index is 425. The minimum atomic E-state index is 0.491. The first-order valence-electron chi connectivity index (χ1n) is 8.46. The van der Waals surface area contributed by atoms with Crippen LogP contribution < -0.4 is 5.32 Å². The van der Waals surface area contributed by atoms with Crippen LogP contribution in [-0.4, -0.2) is 6.04 Å². The molecule has 5 unspecified atom stereocenters. The van der Waals surface area contributed by atoms with Crippen molar-refractivity contribution < 1.29 is 0 Å². The second-order valence-corrected chi connectivity index (χ2v) is 7.43. The molecule has 0 spiro atoms. The summed E-state index contributed by atoms with van der Waals surface area (Å²) in [4.78, 5) is 0. The predicted octanol–water partition coefficient (Wildman–Crippen LogP) is 4.80. The Morgan fingerprint density at radius 2 is 1.75 bits per heavy atom. The number of hydrogen-bond acceptors (Lipinski definition) is 1. The molecule has 2 aliphatic carbocycles. The zero-order chi connectivity index (χ0) is 14.1. The molecule has 2 fully saturated rings. The van der Waals surface area contributed by atoms with Crippen molar-refractivity contribution in [1.82, 2.24) is 5.32 Å². The molecule has 1 heteroatoms. The van der Waals surface area contributed by atoms with Gasteiger partial charge in [0.05, 0.1) is 0 Å². The molecule has 0 amide bonds. The molecule has 1 nitrogen and oxygen atoms in total. The Hall–Kier alpha value is -0.820. The third kappa shape index (κ3) is 2.79. The van der Waals surface area contributed by atoms with Crippen molar-refractivity contribution in [3.63, 3.8) is 0 Å². The highest BCUT2D eigenvalue weighted by Gasteiger charge is 2.42. The van der Waals surface area contributed by atoms with Crippen molar-refractivity contribution in [2.24, 2.45) is 23.7 Å². The summed E-state index contributed by atoms with van der Waals surface area (Å²) in [6, 6.07) is 12.1. The second-order valence-electron chi connectivity index (χ2n) is 7.43. The highest BCUT2D eigenvalue weighted by atomic mass is 15.0. The van der Waals surface area contributed by atoms with Crippen LogP contribution >= 0.6 is 0 Å². The van der Waals surface area contributed by atoms with E-state index in [2.05, 4.69) is 56.4 Å². The molecule has 0 heterocycles. The van der Waals surface area contributed by atoms with Crippen molar-refractivity contribution in [3.05, 3.63) is 35.9 Å². The van der Waals surface area contributed by atoms with Crippen LogP contribution in [0, 0.1) is 23.7 Å². The predicted molar refractivity (Wildman–Crippen MR) is 85.6 cm³/mol. The first-order chi connectivity index (χ1) is 9.65. The fraction of sp³-hybridized carbons (Fsp3) is 0.684. The maximum Gasteiger partial charge on any atom is 0.0345 e. The summed E-state index contributed by atoms with van der Waals surface area (Å²) in [5.74, 6) is 3.60. The van der Waals surface area contributed by atoms with Gasteiger partial charge in [-0.15, -0.1) is 0 Å². The topological polar surface area (TPSA) is 12.0 Å². The van der Waals surface area contributed by atoms with Crippen LogP contribution in [0.1, 0.15) is 58.1 Å². The van der Waals surface area contributed by atoms with Crippen LogP contribution in [0.2, 0.25) is 0 Å². The lowest BCUT2D eigenvalue weighted by atomic mass is 9.83. The molecule has 1 aromatic carbocycles. The highest BCUT2D eigenvalue weighted by Crippen LogP contribution is 2.49. The Kier molecular flexibility index (Phi) is 4.16. The summed E-state index contributed by atoms with van der Waals surface area (Å²) in [6.45, 7) is 7.08. The smallest absolute Gasteiger partial charge is 0.0345 e. The number of nitrogens with one attached hydrogen (secondary N) is 1. The van der Waals surface area contributed by atoms with Crippen molar-refractivity contribution in [1.29, 1.82) is 0 Å². The lowest BCUT2D eigenvalue weighted by Gasteiger charge is -2.34. The fourth-order valence-corrected chi connectivity index (χ4v) is 4.65. The quantitative estimate of drug-likeness (QED) is 0.811. The molecular weight excluding hydrogens is 242 g/mol. The normalized spacial score (nSPS) is 31.7. The van der Waals surface area contributed by atoms with Crippen molar-refractivity contribution in [2.75, 3.05) is 0 Å². The maximum absolute atomic E-state index is 3.96. The summed E-state index contributed by atoms with van der Waals surface area (Å²) >= 11 is 0. The number of rotatable bonds is 5. The van der Waals surface area contributed by atoms with Gasteiger partial charge < -0.3 is 5.32 Å². The van der Waals surface area contributed by atoms with Crippen molar-refractivity contribution in [2.45, 2.75) is 58.5 Å². The van der Waals surface area contributed by atoms with E-state index in [-0.39, 0.29) is 0 Å². The van der Waals surface area contributed by atoms with E-state index in [1.807, 2.05) is 0 Å². The summed E-state index contributed by atoms with van der Waals surface area (Å²) in [7, 11) is 0. The molecular formula is C19H29N. The van der Waals surface area contributed by atoms with Gasteiger partial charge in [0.1, 0.15) is 0 Å². The van der Waals surface area contributed by atoms with Crippen molar-refractivity contribution >= 4 is 0 Å². The van der Waals surface area contributed by atoms with E-state index in [1.165, 1.54) is 31.2 Å². The first-order valence-corrected chi connectivity index (χ1v) is 8.46. The molecule has 5 atom stereocenters. The summed E-state index contributed by atoms with van der Waals surface area (Å²) in [5, 5.41) is 3.96. The van der Waals surface area contributed by atoms with Gasteiger partial charge in [-0.05, 0) is 55.4 Å². The summed E-state index contributed by atoms with van der Waals surface area (Å²) in [6.07, 6.45) is 5.96. The van der Waals surface area contributed by atoms with Crippen LogP contribution in [0.3, 0.4) is 0 Å². The zero-order valence-corrected chi connectivity index (χ0v) is 13.2. The number of hydrogen-bond donors (Lipinski definition) is 1. The third-order valence-corrected chi connectivity index (χ3v) is 5.70. The standard InChI is InChI=1S/C19H29N/c1-13(2)19(16-7-5-4-6-8-16)20-14(3)18-12-15-9-10-17(18)11-15/h4-8,13-15,17-20H,9-12H2,1-3H3. The van der Waals surface area contributed by atoms with Gasteiger partial charge in [-0.2, -0.15) is 0 Å². The first kappa shape index (κ1) is 14.1. The van der Waals surface area contributed by atoms with Crippen LogP contribution in [0.5, 0.6) is 0 Å². The van der Waals surface area contributed by atoms with Crippen LogP contribution in [0.25, 0.3) is 0 Å². The van der Waals surface area contributed by atoms with Crippen molar-refractivity contribution in [3.8, 4) is 0 Å². The van der Waals surface area contributed by atoms with Crippen LogP contribution in [-0.2, 0) is 0 Å². The zero-order valence-electron chi connectivity index (χ0n) is 13.2. The van der Waals surface area contributed by atoms with Gasteiger partial charge in [-0.1, -0.05) is 50.6 Å². The molecule has 3 rings (SSSR count). The number of fused-ring (bicyclic) bond motifs is 2. The van der Waals surface area contributed by atoms with Gasteiger partial charge in [-0.25, -0.2) is 0 Å². The van der Waals surface area contributed by atoms with Gasteiger partial charge in [0.15, 0.2) is 0 Å². The lowest BCUT2D eigenvalue weighted by Crippen LogP contribution is -2.40. The average molecular weight is 271 g/mol. The molecule has 1 aromatic rings. The summed E-state index contributed by atoms with van der Waals surface area (Å²) < 4.78 is 0. The van der Waals surface area contributed by atoms with E-state index in [4.69, 9.17) is 0 Å². The lowest BCUT2D eigenvalue weighted by molar-refractivity contribution is 0.230. The van der Waals surface area contributed by atoms with Gasteiger partial charge in [0.25, 0.3) is 0 Å². The van der Waals surface area contributed by atoms with E-state index in [0.717, 1.165) is 17.8 Å². The van der Waals surface area contributed by atoms with Gasteiger partial charge in [0, 0.05) is 12.1 Å². The molecule has 0 saturated heterocycles. The molecule has 0 aliphatic heterocycles. The molecule has 2 aliphatic rings. The van der Waals surface area contributed by atoms with Gasteiger partial charge in [-0.3, -0.25) is 0 Å². The largest absolute Gasteiger partial charge is 0.307 e. The Morgan fingerprint density at radius 1 is 1.00 bits per heavy atom. The Labute approximate surface area is 124 Å². The molecule has 110 valence electrons. The SMILES string of the molecule is CC(C)C(NC(C)C1CC2CCC1C2)c1ccccc1. The third-order valence-electron chi connectivity index (χ3n) is 5.70. The molecule has 1 N–H and O–H groups in total. The Balaban J connectivity index is 1.68. The molecule has 2 saturated carbocycles. The molecule has 0 radical (unpaired) electrons. The number of benzene rings is 1. The van der Waals surface area contributed by atoms with Gasteiger partial charge >= 0.3 is 0 Å².